The number of rotatable bonds is 8. The van der Waals surface area contributed by atoms with E-state index in [1.807, 2.05) is 19.1 Å². The maximum atomic E-state index is 11.8. The van der Waals surface area contributed by atoms with E-state index in [1.165, 1.54) is 0 Å². The van der Waals surface area contributed by atoms with Crippen molar-refractivity contribution in [3.05, 3.63) is 23.8 Å². The van der Waals surface area contributed by atoms with Crippen LogP contribution in [0.15, 0.2) is 18.2 Å². The third-order valence-electron chi connectivity index (χ3n) is 3.10. The van der Waals surface area contributed by atoms with E-state index in [4.69, 9.17) is 5.73 Å². The van der Waals surface area contributed by atoms with Crippen molar-refractivity contribution >= 4 is 11.6 Å². The summed E-state index contributed by atoms with van der Waals surface area (Å²) in [4.78, 5) is 11.8. The number of anilines is 1. The highest BCUT2D eigenvalue weighted by molar-refractivity contribution is 5.92. The smallest absolute Gasteiger partial charge is 0.224 e. The van der Waals surface area contributed by atoms with E-state index < -0.39 is 0 Å². The molecule has 19 heavy (non-hydrogen) atoms. The van der Waals surface area contributed by atoms with Crippen molar-refractivity contribution in [2.75, 3.05) is 11.9 Å². The molecule has 4 heteroatoms. The summed E-state index contributed by atoms with van der Waals surface area (Å²) in [6, 6.07) is 5.30. The summed E-state index contributed by atoms with van der Waals surface area (Å²) < 4.78 is 0. The zero-order valence-electron chi connectivity index (χ0n) is 11.6. The molecule has 0 aromatic heterocycles. The van der Waals surface area contributed by atoms with Gasteiger partial charge < -0.3 is 16.2 Å². The van der Waals surface area contributed by atoms with E-state index in [0.717, 1.165) is 37.7 Å². The first-order valence-corrected chi connectivity index (χ1v) is 6.99. The number of amides is 1. The average molecular weight is 264 g/mol. The first-order chi connectivity index (χ1) is 9.17. The second-order valence-electron chi connectivity index (χ2n) is 4.71. The van der Waals surface area contributed by atoms with Gasteiger partial charge in [-0.3, -0.25) is 4.79 Å². The first kappa shape index (κ1) is 15.5. The van der Waals surface area contributed by atoms with Gasteiger partial charge in [-0.15, -0.1) is 0 Å². The minimum Gasteiger partial charge on any atom is -0.506 e. The van der Waals surface area contributed by atoms with Crippen molar-refractivity contribution in [1.82, 2.24) is 0 Å². The van der Waals surface area contributed by atoms with Crippen LogP contribution in [0.1, 0.15) is 44.6 Å². The predicted molar refractivity (Wildman–Crippen MR) is 78.3 cm³/mol. The third-order valence-corrected chi connectivity index (χ3v) is 3.10. The summed E-state index contributed by atoms with van der Waals surface area (Å²) in [7, 11) is 0. The lowest BCUT2D eigenvalue weighted by Gasteiger charge is -2.09. The Balaban J connectivity index is 2.39. The molecule has 0 aliphatic rings. The quantitative estimate of drug-likeness (QED) is 0.499. The Morgan fingerprint density at radius 3 is 2.68 bits per heavy atom. The molecule has 106 valence electrons. The van der Waals surface area contributed by atoms with E-state index in [2.05, 4.69) is 5.32 Å². The number of carbonyl (C=O) groups excluding carboxylic acids is 1. The number of nitrogens with two attached hydrogens (primary N) is 1. The molecule has 1 aromatic carbocycles. The number of aromatic hydroxyl groups is 1. The molecular weight excluding hydrogens is 240 g/mol. The van der Waals surface area contributed by atoms with Crippen molar-refractivity contribution in [2.24, 2.45) is 5.73 Å². The zero-order valence-corrected chi connectivity index (χ0v) is 11.6. The number of nitrogens with one attached hydrogen (secondary N) is 1. The zero-order chi connectivity index (χ0) is 14.1. The number of benzene rings is 1. The molecule has 0 atom stereocenters. The summed E-state index contributed by atoms with van der Waals surface area (Å²) in [6.07, 6.45) is 5.33. The van der Waals surface area contributed by atoms with Gasteiger partial charge in [0.15, 0.2) is 0 Å². The highest BCUT2D eigenvalue weighted by Gasteiger charge is 2.06. The maximum absolute atomic E-state index is 11.8. The van der Waals surface area contributed by atoms with E-state index in [1.54, 1.807) is 6.07 Å². The lowest BCUT2D eigenvalue weighted by Crippen LogP contribution is -2.11. The van der Waals surface area contributed by atoms with Crippen LogP contribution in [-0.4, -0.2) is 17.6 Å². The SMILES string of the molecule is CCc1ccc(O)c(NC(=O)CCCCCCN)c1. The van der Waals surface area contributed by atoms with Gasteiger partial charge in [-0.1, -0.05) is 25.8 Å². The van der Waals surface area contributed by atoms with Crippen LogP contribution in [0.3, 0.4) is 0 Å². The van der Waals surface area contributed by atoms with Crippen LogP contribution >= 0.6 is 0 Å². The second-order valence-corrected chi connectivity index (χ2v) is 4.71. The second kappa shape index (κ2) is 8.53. The normalized spacial score (nSPS) is 10.4. The van der Waals surface area contributed by atoms with E-state index in [0.29, 0.717) is 18.7 Å². The minimum absolute atomic E-state index is 0.0451. The van der Waals surface area contributed by atoms with Gasteiger partial charge in [0.1, 0.15) is 5.75 Å². The molecule has 0 fully saturated rings. The fourth-order valence-corrected chi connectivity index (χ4v) is 1.90. The lowest BCUT2D eigenvalue weighted by molar-refractivity contribution is -0.116. The fourth-order valence-electron chi connectivity index (χ4n) is 1.90. The predicted octanol–water partition coefficient (Wildman–Crippen LogP) is 2.80. The Hall–Kier alpha value is -1.55. The van der Waals surface area contributed by atoms with Gasteiger partial charge in [-0.2, -0.15) is 0 Å². The van der Waals surface area contributed by atoms with Gasteiger partial charge >= 0.3 is 0 Å². The molecule has 0 aliphatic heterocycles. The molecule has 0 heterocycles. The van der Waals surface area contributed by atoms with Gasteiger partial charge in [0, 0.05) is 6.42 Å². The highest BCUT2D eigenvalue weighted by Crippen LogP contribution is 2.24. The van der Waals surface area contributed by atoms with Crippen LogP contribution in [0.25, 0.3) is 0 Å². The average Bonchev–Trinajstić information content (AvgIpc) is 2.41. The number of phenolic OH excluding ortho intramolecular Hbond substituents is 1. The monoisotopic (exact) mass is 264 g/mol. The highest BCUT2D eigenvalue weighted by atomic mass is 16.3. The molecule has 1 rings (SSSR count). The van der Waals surface area contributed by atoms with E-state index >= 15 is 0 Å². The number of aryl methyl sites for hydroxylation is 1. The molecule has 0 saturated carbocycles. The fraction of sp³-hybridized carbons (Fsp3) is 0.533. The standard InChI is InChI=1S/C15H24N2O2/c1-2-12-8-9-14(18)13(11-12)17-15(19)7-5-3-4-6-10-16/h8-9,11,18H,2-7,10,16H2,1H3,(H,17,19). The van der Waals surface area contributed by atoms with Gasteiger partial charge in [0.2, 0.25) is 5.91 Å². The number of unbranched alkanes of at least 4 members (excludes halogenated alkanes) is 3. The molecule has 4 nitrogen and oxygen atoms in total. The Morgan fingerprint density at radius 2 is 2.00 bits per heavy atom. The molecule has 0 aliphatic carbocycles. The molecule has 0 bridgehead atoms. The van der Waals surface area contributed by atoms with Crippen LogP contribution in [0, 0.1) is 0 Å². The number of hydrogen-bond donors (Lipinski definition) is 3. The van der Waals surface area contributed by atoms with Crippen LogP contribution in [0.5, 0.6) is 5.75 Å². The Morgan fingerprint density at radius 1 is 1.26 bits per heavy atom. The molecule has 0 radical (unpaired) electrons. The largest absolute Gasteiger partial charge is 0.506 e. The number of carbonyl (C=O) groups is 1. The summed E-state index contributed by atoms with van der Waals surface area (Å²) in [6.45, 7) is 2.75. The summed E-state index contributed by atoms with van der Waals surface area (Å²) in [5, 5.41) is 12.5. The van der Waals surface area contributed by atoms with Crippen molar-refractivity contribution in [1.29, 1.82) is 0 Å². The minimum atomic E-state index is -0.0451. The van der Waals surface area contributed by atoms with Crippen LogP contribution in [0.2, 0.25) is 0 Å². The summed E-state index contributed by atoms with van der Waals surface area (Å²) in [5.41, 5.74) is 7.01. The molecular formula is C15H24N2O2. The van der Waals surface area contributed by atoms with Crippen molar-refractivity contribution < 1.29 is 9.90 Å². The Labute approximate surface area is 115 Å². The Kier molecular flexibility index (Phi) is 6.97. The van der Waals surface area contributed by atoms with Crippen molar-refractivity contribution in [3.63, 3.8) is 0 Å². The van der Waals surface area contributed by atoms with Gasteiger partial charge in [0.25, 0.3) is 0 Å². The lowest BCUT2D eigenvalue weighted by atomic mass is 10.1. The molecule has 4 N–H and O–H groups in total. The molecule has 0 unspecified atom stereocenters. The molecule has 1 aromatic rings. The van der Waals surface area contributed by atoms with Gasteiger partial charge in [0.05, 0.1) is 5.69 Å². The first-order valence-electron chi connectivity index (χ1n) is 6.99. The van der Waals surface area contributed by atoms with Crippen molar-refractivity contribution in [2.45, 2.75) is 45.4 Å². The number of hydrogen-bond acceptors (Lipinski definition) is 3. The van der Waals surface area contributed by atoms with Crippen LogP contribution in [0.4, 0.5) is 5.69 Å². The summed E-state index contributed by atoms with van der Waals surface area (Å²) in [5.74, 6) is 0.0741. The van der Waals surface area contributed by atoms with E-state index in [-0.39, 0.29) is 11.7 Å². The topological polar surface area (TPSA) is 75.3 Å². The Bertz CT molecular complexity index is 405. The van der Waals surface area contributed by atoms with Crippen LogP contribution < -0.4 is 11.1 Å². The van der Waals surface area contributed by atoms with E-state index in [9.17, 15) is 9.90 Å². The van der Waals surface area contributed by atoms with Crippen molar-refractivity contribution in [3.8, 4) is 5.75 Å². The number of phenols is 1. The van der Waals surface area contributed by atoms with Gasteiger partial charge in [-0.05, 0) is 43.5 Å². The molecule has 0 spiro atoms. The third kappa shape index (κ3) is 5.75. The summed E-state index contributed by atoms with van der Waals surface area (Å²) >= 11 is 0. The molecule has 1 amide bonds. The molecule has 0 saturated heterocycles. The maximum Gasteiger partial charge on any atom is 0.224 e. The van der Waals surface area contributed by atoms with Gasteiger partial charge in [-0.25, -0.2) is 0 Å². The van der Waals surface area contributed by atoms with Crippen LogP contribution in [-0.2, 0) is 11.2 Å².